The van der Waals surface area contributed by atoms with Crippen LogP contribution in [0.5, 0.6) is 0 Å². The summed E-state index contributed by atoms with van der Waals surface area (Å²) >= 11 is 12.0. The number of carbonyl (C=O) groups is 2. The number of anilines is 1. The van der Waals surface area contributed by atoms with Crippen LogP contribution in [-0.4, -0.2) is 43.3 Å². The number of amides is 2. The van der Waals surface area contributed by atoms with Gasteiger partial charge >= 0.3 is 0 Å². The Morgan fingerprint density at radius 3 is 2.03 bits per heavy atom. The van der Waals surface area contributed by atoms with Gasteiger partial charge in [0.25, 0.3) is 10.0 Å². The van der Waals surface area contributed by atoms with Crippen molar-refractivity contribution in [2.75, 3.05) is 10.8 Å². The minimum absolute atomic E-state index is 0.0102. The molecule has 0 radical (unpaired) electrons. The van der Waals surface area contributed by atoms with E-state index in [-0.39, 0.29) is 17.3 Å². The van der Waals surface area contributed by atoms with Gasteiger partial charge in [-0.2, -0.15) is 0 Å². The van der Waals surface area contributed by atoms with E-state index < -0.39 is 34.1 Å². The molecule has 0 aliphatic rings. The molecule has 0 aromatic heterocycles. The van der Waals surface area contributed by atoms with Crippen molar-refractivity contribution in [3.8, 4) is 0 Å². The maximum absolute atomic E-state index is 13.9. The molecular formula is C29H33Cl2N3O4S. The summed E-state index contributed by atoms with van der Waals surface area (Å²) in [6, 6.07) is 18.7. The molecule has 0 saturated heterocycles. The lowest BCUT2D eigenvalue weighted by atomic mass is 10.1. The van der Waals surface area contributed by atoms with Crippen LogP contribution in [-0.2, 0) is 26.2 Å². The topological polar surface area (TPSA) is 86.8 Å². The van der Waals surface area contributed by atoms with Gasteiger partial charge in [0.15, 0.2) is 0 Å². The fourth-order valence-electron chi connectivity index (χ4n) is 3.89. The van der Waals surface area contributed by atoms with Gasteiger partial charge in [0, 0.05) is 22.1 Å². The van der Waals surface area contributed by atoms with Gasteiger partial charge < -0.3 is 10.2 Å². The van der Waals surface area contributed by atoms with Crippen molar-refractivity contribution in [2.45, 2.75) is 57.6 Å². The molecule has 1 N–H and O–H groups in total. The minimum Gasteiger partial charge on any atom is -0.350 e. The van der Waals surface area contributed by atoms with Crippen LogP contribution in [0.25, 0.3) is 0 Å². The van der Waals surface area contributed by atoms with Crippen LogP contribution in [0.4, 0.5) is 5.69 Å². The summed E-state index contributed by atoms with van der Waals surface area (Å²) in [6.45, 7) is 8.57. The second-order valence-electron chi connectivity index (χ2n) is 10.4. The largest absolute Gasteiger partial charge is 0.350 e. The Balaban J connectivity index is 2.03. The van der Waals surface area contributed by atoms with Crippen molar-refractivity contribution in [2.24, 2.45) is 0 Å². The summed E-state index contributed by atoms with van der Waals surface area (Å²) in [7, 11) is -4.16. The molecule has 3 rings (SSSR count). The van der Waals surface area contributed by atoms with E-state index in [1.54, 1.807) is 49.4 Å². The van der Waals surface area contributed by atoms with Crippen LogP contribution in [0.15, 0.2) is 77.7 Å². The van der Waals surface area contributed by atoms with Crippen molar-refractivity contribution in [1.29, 1.82) is 0 Å². The maximum atomic E-state index is 13.9. The third kappa shape index (κ3) is 8.21. The summed E-state index contributed by atoms with van der Waals surface area (Å²) in [4.78, 5) is 28.4. The molecular weight excluding hydrogens is 557 g/mol. The Morgan fingerprint density at radius 1 is 0.923 bits per heavy atom. The van der Waals surface area contributed by atoms with E-state index in [0.29, 0.717) is 15.7 Å². The zero-order chi connectivity index (χ0) is 29.0. The standard InChI is InChI=1S/C29H33Cl2N3O4S/c1-20-7-6-8-25(17-20)34(39(37,38)26-15-13-24(31)14-16-26)19-27(35)33(18-22-9-11-23(30)12-10-22)21(2)28(36)32-29(3,4)5/h6-17,21H,18-19H2,1-5H3,(H,32,36)/t21-/m0/s1. The van der Waals surface area contributed by atoms with Crippen LogP contribution in [0, 0.1) is 6.92 Å². The second-order valence-corrected chi connectivity index (χ2v) is 13.1. The zero-order valence-corrected chi connectivity index (χ0v) is 24.9. The molecule has 1 atom stereocenters. The highest BCUT2D eigenvalue weighted by atomic mass is 35.5. The summed E-state index contributed by atoms with van der Waals surface area (Å²) in [5.74, 6) is -0.895. The first-order valence-electron chi connectivity index (χ1n) is 12.4. The minimum atomic E-state index is -4.16. The van der Waals surface area contributed by atoms with E-state index in [0.717, 1.165) is 15.4 Å². The molecule has 0 aliphatic heterocycles. The van der Waals surface area contributed by atoms with Gasteiger partial charge in [0.1, 0.15) is 12.6 Å². The first-order valence-corrected chi connectivity index (χ1v) is 14.6. The Morgan fingerprint density at radius 2 is 1.49 bits per heavy atom. The average Bonchev–Trinajstić information content (AvgIpc) is 2.85. The number of benzene rings is 3. The highest BCUT2D eigenvalue weighted by molar-refractivity contribution is 7.92. The van der Waals surface area contributed by atoms with E-state index >= 15 is 0 Å². The van der Waals surface area contributed by atoms with Crippen LogP contribution in [0.3, 0.4) is 0 Å². The van der Waals surface area contributed by atoms with Gasteiger partial charge in [-0.05, 0) is 94.3 Å². The molecule has 0 aliphatic carbocycles. The predicted molar refractivity (Wildman–Crippen MR) is 157 cm³/mol. The number of aryl methyl sites for hydroxylation is 1. The maximum Gasteiger partial charge on any atom is 0.264 e. The number of halogens is 2. The Bertz CT molecular complexity index is 1420. The Labute approximate surface area is 240 Å². The summed E-state index contributed by atoms with van der Waals surface area (Å²) in [6.07, 6.45) is 0. The smallest absolute Gasteiger partial charge is 0.264 e. The third-order valence-electron chi connectivity index (χ3n) is 5.90. The Kier molecular flexibility index (Phi) is 9.69. The lowest BCUT2D eigenvalue weighted by Gasteiger charge is -2.33. The van der Waals surface area contributed by atoms with Gasteiger partial charge in [-0.3, -0.25) is 13.9 Å². The average molecular weight is 591 g/mol. The molecule has 3 aromatic rings. The van der Waals surface area contributed by atoms with E-state index in [4.69, 9.17) is 23.2 Å². The molecule has 0 heterocycles. The monoisotopic (exact) mass is 589 g/mol. The SMILES string of the molecule is Cc1cccc(N(CC(=O)N(Cc2ccc(Cl)cc2)[C@@H](C)C(=O)NC(C)(C)C)S(=O)(=O)c2ccc(Cl)cc2)c1. The predicted octanol–water partition coefficient (Wildman–Crippen LogP) is 5.83. The first kappa shape index (κ1) is 30.5. The van der Waals surface area contributed by atoms with E-state index in [2.05, 4.69) is 5.32 Å². The lowest BCUT2D eigenvalue weighted by molar-refractivity contribution is -0.140. The first-order chi connectivity index (χ1) is 18.2. The van der Waals surface area contributed by atoms with Gasteiger partial charge in [-0.1, -0.05) is 47.5 Å². The molecule has 39 heavy (non-hydrogen) atoms. The van der Waals surface area contributed by atoms with E-state index in [9.17, 15) is 18.0 Å². The van der Waals surface area contributed by atoms with Crippen molar-refractivity contribution in [3.05, 3.63) is 94.0 Å². The van der Waals surface area contributed by atoms with Gasteiger partial charge in [-0.15, -0.1) is 0 Å². The molecule has 7 nitrogen and oxygen atoms in total. The molecule has 0 bridgehead atoms. The third-order valence-corrected chi connectivity index (χ3v) is 8.19. The van der Waals surface area contributed by atoms with E-state index in [1.807, 2.05) is 33.8 Å². The molecule has 208 valence electrons. The fraction of sp³-hybridized carbons (Fsp3) is 0.310. The molecule has 0 fully saturated rings. The van der Waals surface area contributed by atoms with Crippen molar-refractivity contribution in [3.63, 3.8) is 0 Å². The van der Waals surface area contributed by atoms with Gasteiger partial charge in [0.05, 0.1) is 10.6 Å². The molecule has 10 heteroatoms. The van der Waals surface area contributed by atoms with Crippen LogP contribution < -0.4 is 9.62 Å². The molecule has 0 saturated carbocycles. The molecule has 3 aromatic carbocycles. The highest BCUT2D eigenvalue weighted by Crippen LogP contribution is 2.26. The molecule has 0 unspecified atom stereocenters. The lowest BCUT2D eigenvalue weighted by Crippen LogP contribution is -2.54. The summed E-state index contributed by atoms with van der Waals surface area (Å²) in [5.41, 5.74) is 1.38. The van der Waals surface area contributed by atoms with Gasteiger partial charge in [-0.25, -0.2) is 8.42 Å². The summed E-state index contributed by atoms with van der Waals surface area (Å²) in [5, 5.41) is 3.83. The zero-order valence-electron chi connectivity index (χ0n) is 22.6. The Hall–Kier alpha value is -3.07. The normalized spacial score (nSPS) is 12.5. The van der Waals surface area contributed by atoms with Crippen LogP contribution in [0.1, 0.15) is 38.8 Å². The number of carbonyl (C=O) groups excluding carboxylic acids is 2. The highest BCUT2D eigenvalue weighted by Gasteiger charge is 2.33. The molecule has 2 amide bonds. The summed E-state index contributed by atoms with van der Waals surface area (Å²) < 4.78 is 28.7. The number of hydrogen-bond acceptors (Lipinski definition) is 4. The van der Waals surface area contributed by atoms with Gasteiger partial charge in [0.2, 0.25) is 11.8 Å². The van der Waals surface area contributed by atoms with Crippen molar-refractivity contribution in [1.82, 2.24) is 10.2 Å². The number of sulfonamides is 1. The number of nitrogens with zero attached hydrogens (tertiary/aromatic N) is 2. The van der Waals surface area contributed by atoms with E-state index in [1.165, 1.54) is 29.2 Å². The number of nitrogens with one attached hydrogen (secondary N) is 1. The quantitative estimate of drug-likeness (QED) is 0.340. The van der Waals surface area contributed by atoms with Crippen LogP contribution in [0.2, 0.25) is 10.0 Å². The molecule has 0 spiro atoms. The number of rotatable bonds is 9. The van der Waals surface area contributed by atoms with Crippen molar-refractivity contribution < 1.29 is 18.0 Å². The van der Waals surface area contributed by atoms with Crippen LogP contribution >= 0.6 is 23.2 Å². The second kappa shape index (κ2) is 12.4. The number of hydrogen-bond donors (Lipinski definition) is 1. The fourth-order valence-corrected chi connectivity index (χ4v) is 5.55. The van der Waals surface area contributed by atoms with Crippen molar-refractivity contribution >= 4 is 50.7 Å².